The Morgan fingerprint density at radius 2 is 1.65 bits per heavy atom. The van der Waals surface area contributed by atoms with Gasteiger partial charge in [0.05, 0.1) is 22.4 Å². The summed E-state index contributed by atoms with van der Waals surface area (Å²) in [6.07, 6.45) is -2.80. The van der Waals surface area contributed by atoms with E-state index in [1.165, 1.54) is 0 Å². The molecular weight excluding hydrogens is 505 g/mol. The highest BCUT2D eigenvalue weighted by Crippen LogP contribution is 2.37. The van der Waals surface area contributed by atoms with Crippen molar-refractivity contribution in [3.8, 4) is 5.69 Å². The minimum absolute atomic E-state index is 0.189. The molecule has 2 aromatic carbocycles. The van der Waals surface area contributed by atoms with Crippen molar-refractivity contribution in [1.29, 1.82) is 0 Å². The molecule has 0 aliphatic rings. The van der Waals surface area contributed by atoms with Crippen molar-refractivity contribution in [2.45, 2.75) is 59.2 Å². The van der Waals surface area contributed by atoms with Gasteiger partial charge in [-0.2, -0.15) is 13.2 Å². The Hall–Kier alpha value is -2.32. The molecule has 0 atom stereocenters. The van der Waals surface area contributed by atoms with Crippen LogP contribution in [0.5, 0.6) is 0 Å². The van der Waals surface area contributed by atoms with Gasteiger partial charge in [-0.05, 0) is 77.6 Å². The number of hydrogen-bond acceptors (Lipinski definition) is 2. The van der Waals surface area contributed by atoms with Crippen molar-refractivity contribution in [2.75, 3.05) is 13.1 Å². The summed E-state index contributed by atoms with van der Waals surface area (Å²) in [5, 5.41) is 0. The molecule has 2 heterocycles. The highest BCUT2D eigenvalue weighted by atomic mass is 79.9. The van der Waals surface area contributed by atoms with Crippen molar-refractivity contribution in [1.82, 2.24) is 18.9 Å². The molecule has 8 heteroatoms. The van der Waals surface area contributed by atoms with Gasteiger partial charge in [0.1, 0.15) is 0 Å². The van der Waals surface area contributed by atoms with Crippen LogP contribution in [0.3, 0.4) is 0 Å². The van der Waals surface area contributed by atoms with Gasteiger partial charge in [-0.1, -0.05) is 45.9 Å². The first-order chi connectivity index (χ1) is 16.2. The van der Waals surface area contributed by atoms with Crippen molar-refractivity contribution in [3.63, 3.8) is 0 Å². The van der Waals surface area contributed by atoms with E-state index in [2.05, 4.69) is 39.7 Å². The van der Waals surface area contributed by atoms with Crippen molar-refractivity contribution in [2.24, 2.45) is 0 Å². The van der Waals surface area contributed by atoms with Gasteiger partial charge in [0, 0.05) is 11.0 Å². The fourth-order valence-electron chi connectivity index (χ4n) is 4.58. The molecule has 0 fully saturated rings. The lowest BCUT2D eigenvalue weighted by Gasteiger charge is -2.21. The van der Waals surface area contributed by atoms with E-state index in [4.69, 9.17) is 0 Å². The molecule has 0 spiro atoms. The second kappa shape index (κ2) is 9.74. The smallest absolute Gasteiger partial charge is 0.298 e. The molecule has 0 N–H and O–H groups in total. The predicted molar refractivity (Wildman–Crippen MR) is 135 cm³/mol. The molecule has 34 heavy (non-hydrogen) atoms. The highest BCUT2D eigenvalue weighted by molar-refractivity contribution is 9.10. The SMILES string of the molecule is CCCN(CCC)Cc1c(C(F)(F)F)nc2n(-c3ccc(C(C)C)cc3Br)c3ccccc3n12. The highest BCUT2D eigenvalue weighted by Gasteiger charge is 2.39. The summed E-state index contributed by atoms with van der Waals surface area (Å²) in [5.74, 6) is 0.610. The number of imidazole rings is 2. The minimum atomic E-state index is -4.55. The molecule has 0 saturated carbocycles. The second-order valence-electron chi connectivity index (χ2n) is 9.01. The molecule has 0 radical (unpaired) electrons. The first kappa shape index (κ1) is 24.8. The standard InChI is InChI=1S/C26H30BrF3N4/c1-5-13-32(14-6-2)16-23-24(26(28,29)30)31-25-33(21-9-7-8-10-22(21)34(23)25)20-12-11-18(17(3)4)15-19(20)27/h7-12,15,17H,5-6,13-14,16H2,1-4H3. The van der Waals surface area contributed by atoms with Crippen molar-refractivity contribution < 1.29 is 13.2 Å². The van der Waals surface area contributed by atoms with E-state index in [0.717, 1.165) is 47.2 Å². The van der Waals surface area contributed by atoms with Gasteiger partial charge in [-0.25, -0.2) is 4.98 Å². The Morgan fingerprint density at radius 3 is 2.21 bits per heavy atom. The lowest BCUT2D eigenvalue weighted by atomic mass is 10.0. The molecule has 4 nitrogen and oxygen atoms in total. The summed E-state index contributed by atoms with van der Waals surface area (Å²) in [7, 11) is 0. The summed E-state index contributed by atoms with van der Waals surface area (Å²) >= 11 is 3.67. The quantitative estimate of drug-likeness (QED) is 0.230. The minimum Gasteiger partial charge on any atom is -0.298 e. The number of nitrogens with zero attached hydrogens (tertiary/aromatic N) is 4. The van der Waals surface area contributed by atoms with Crippen LogP contribution in [-0.4, -0.2) is 31.9 Å². The maximum Gasteiger partial charge on any atom is 0.435 e. The lowest BCUT2D eigenvalue weighted by Crippen LogP contribution is -2.27. The molecule has 182 valence electrons. The third kappa shape index (κ3) is 4.50. The molecule has 0 amide bonds. The molecule has 0 unspecified atom stereocenters. The molecule has 4 aromatic rings. The zero-order valence-electron chi connectivity index (χ0n) is 20.0. The Kier molecular flexibility index (Phi) is 7.10. The summed E-state index contributed by atoms with van der Waals surface area (Å²) in [6.45, 7) is 9.98. The van der Waals surface area contributed by atoms with Crippen LogP contribution in [0, 0.1) is 0 Å². The van der Waals surface area contributed by atoms with Gasteiger partial charge in [0.15, 0.2) is 5.69 Å². The molecule has 4 rings (SSSR count). The average molecular weight is 535 g/mol. The van der Waals surface area contributed by atoms with Crippen LogP contribution >= 0.6 is 15.9 Å². The Morgan fingerprint density at radius 1 is 1.00 bits per heavy atom. The maximum atomic E-state index is 14.2. The molecule has 0 saturated heterocycles. The molecule has 0 bridgehead atoms. The average Bonchev–Trinajstić information content (AvgIpc) is 3.29. The number of alkyl halides is 3. The van der Waals surface area contributed by atoms with Gasteiger partial charge in [-0.3, -0.25) is 13.9 Å². The topological polar surface area (TPSA) is 25.5 Å². The Labute approximate surface area is 206 Å². The van der Waals surface area contributed by atoms with Crippen LogP contribution in [0.4, 0.5) is 13.2 Å². The van der Waals surface area contributed by atoms with E-state index < -0.39 is 11.9 Å². The number of halogens is 4. The van der Waals surface area contributed by atoms with Crippen LogP contribution in [0.2, 0.25) is 0 Å². The Balaban J connectivity index is 2.03. The zero-order chi connectivity index (χ0) is 24.6. The fraction of sp³-hybridized carbons (Fsp3) is 0.423. The third-order valence-corrected chi connectivity index (χ3v) is 6.75. The predicted octanol–water partition coefficient (Wildman–Crippen LogP) is 7.80. The maximum absolute atomic E-state index is 14.2. The summed E-state index contributed by atoms with van der Waals surface area (Å²) in [4.78, 5) is 6.30. The van der Waals surface area contributed by atoms with Gasteiger partial charge < -0.3 is 0 Å². The summed E-state index contributed by atoms with van der Waals surface area (Å²) in [6, 6.07) is 13.6. The molecular formula is C26H30BrF3N4. The van der Waals surface area contributed by atoms with Crippen molar-refractivity contribution >= 4 is 32.7 Å². The van der Waals surface area contributed by atoms with Crippen LogP contribution in [0.15, 0.2) is 46.9 Å². The van der Waals surface area contributed by atoms with Crippen LogP contribution in [0.25, 0.3) is 22.5 Å². The van der Waals surface area contributed by atoms with Gasteiger partial charge in [0.2, 0.25) is 5.78 Å². The zero-order valence-corrected chi connectivity index (χ0v) is 21.5. The van der Waals surface area contributed by atoms with E-state index in [1.807, 2.05) is 60.9 Å². The molecule has 2 aromatic heterocycles. The van der Waals surface area contributed by atoms with Crippen LogP contribution < -0.4 is 0 Å². The third-order valence-electron chi connectivity index (χ3n) is 6.12. The van der Waals surface area contributed by atoms with E-state index in [-0.39, 0.29) is 18.0 Å². The van der Waals surface area contributed by atoms with E-state index >= 15 is 0 Å². The fourth-order valence-corrected chi connectivity index (χ4v) is 5.16. The number of rotatable bonds is 8. The number of hydrogen-bond donors (Lipinski definition) is 0. The number of aromatic nitrogens is 3. The summed E-state index contributed by atoms with van der Waals surface area (Å²) in [5.41, 5.74) is 2.82. The summed E-state index contributed by atoms with van der Waals surface area (Å²) < 4.78 is 47.0. The molecule has 0 aliphatic heterocycles. The van der Waals surface area contributed by atoms with Crippen LogP contribution in [-0.2, 0) is 12.7 Å². The first-order valence-electron chi connectivity index (χ1n) is 11.8. The van der Waals surface area contributed by atoms with Crippen LogP contribution in [0.1, 0.15) is 63.4 Å². The van der Waals surface area contributed by atoms with Gasteiger partial charge in [-0.15, -0.1) is 0 Å². The normalized spacial score (nSPS) is 12.6. The monoisotopic (exact) mass is 534 g/mol. The van der Waals surface area contributed by atoms with Crippen molar-refractivity contribution in [3.05, 3.63) is 63.9 Å². The number of para-hydroxylation sites is 2. The largest absolute Gasteiger partial charge is 0.435 e. The van der Waals surface area contributed by atoms with Gasteiger partial charge >= 0.3 is 6.18 Å². The lowest BCUT2D eigenvalue weighted by molar-refractivity contribution is -0.141. The Bertz CT molecular complexity index is 1300. The number of benzene rings is 2. The van der Waals surface area contributed by atoms with E-state index in [0.29, 0.717) is 11.4 Å². The molecule has 0 aliphatic carbocycles. The first-order valence-corrected chi connectivity index (χ1v) is 12.6. The van der Waals surface area contributed by atoms with Gasteiger partial charge in [0.25, 0.3) is 0 Å². The van der Waals surface area contributed by atoms with E-state index in [1.54, 1.807) is 4.40 Å². The second-order valence-corrected chi connectivity index (χ2v) is 9.86. The number of fused-ring (bicyclic) bond motifs is 3. The van der Waals surface area contributed by atoms with E-state index in [9.17, 15) is 13.2 Å².